The Morgan fingerprint density at radius 2 is 1.89 bits per heavy atom. The van der Waals surface area contributed by atoms with Gasteiger partial charge < -0.3 is 5.32 Å². The summed E-state index contributed by atoms with van der Waals surface area (Å²) < 4.78 is 26.6. The molecule has 0 saturated carbocycles. The van der Waals surface area contributed by atoms with E-state index in [2.05, 4.69) is 15.5 Å². The van der Waals surface area contributed by atoms with Gasteiger partial charge in [0.15, 0.2) is 0 Å². The third kappa shape index (κ3) is 2.48. The van der Waals surface area contributed by atoms with Crippen molar-refractivity contribution < 1.29 is 8.78 Å². The number of rotatable bonds is 3. The molecule has 0 fully saturated rings. The van der Waals surface area contributed by atoms with Crippen LogP contribution in [0.5, 0.6) is 0 Å². The number of halogens is 2. The Labute approximate surface area is 102 Å². The third-order valence-electron chi connectivity index (χ3n) is 2.40. The molecule has 2 aromatic rings. The van der Waals surface area contributed by atoms with Gasteiger partial charge in [0.1, 0.15) is 23.1 Å². The Morgan fingerprint density at radius 1 is 1.22 bits per heavy atom. The SMILES string of the molecule is Cc1c(F)cc(Nc2cc(N=O)ccn2)cc1F. The van der Waals surface area contributed by atoms with Gasteiger partial charge in [0.05, 0.1) is 0 Å². The summed E-state index contributed by atoms with van der Waals surface area (Å²) in [7, 11) is 0. The average molecular weight is 249 g/mol. The van der Waals surface area contributed by atoms with Crippen LogP contribution >= 0.6 is 0 Å². The Morgan fingerprint density at radius 3 is 2.50 bits per heavy atom. The smallest absolute Gasteiger partial charge is 0.132 e. The molecule has 0 aliphatic rings. The number of nitrogens with one attached hydrogen (secondary N) is 1. The van der Waals surface area contributed by atoms with Crippen LogP contribution in [-0.4, -0.2) is 4.98 Å². The zero-order valence-corrected chi connectivity index (χ0v) is 9.45. The molecule has 0 amide bonds. The van der Waals surface area contributed by atoms with Crippen molar-refractivity contribution in [1.82, 2.24) is 4.98 Å². The van der Waals surface area contributed by atoms with E-state index in [0.717, 1.165) is 12.1 Å². The van der Waals surface area contributed by atoms with Crippen molar-refractivity contribution in [1.29, 1.82) is 0 Å². The number of aromatic nitrogens is 1. The van der Waals surface area contributed by atoms with Crippen LogP contribution in [0, 0.1) is 23.5 Å². The molecule has 0 aliphatic heterocycles. The number of anilines is 2. The lowest BCUT2D eigenvalue weighted by Crippen LogP contribution is -1.96. The summed E-state index contributed by atoms with van der Waals surface area (Å²) >= 11 is 0. The molecule has 0 radical (unpaired) electrons. The normalized spacial score (nSPS) is 10.2. The van der Waals surface area contributed by atoms with Crippen molar-refractivity contribution in [2.45, 2.75) is 6.92 Å². The highest BCUT2D eigenvalue weighted by atomic mass is 19.1. The summed E-state index contributed by atoms with van der Waals surface area (Å²) in [5, 5.41) is 5.44. The topological polar surface area (TPSA) is 54.4 Å². The predicted octanol–water partition coefficient (Wildman–Crippen LogP) is 3.81. The first kappa shape index (κ1) is 12.1. The molecular weight excluding hydrogens is 240 g/mol. The summed E-state index contributed by atoms with van der Waals surface area (Å²) in [5.74, 6) is -1.01. The van der Waals surface area contributed by atoms with Gasteiger partial charge in [-0.1, -0.05) is 0 Å². The second kappa shape index (κ2) is 4.87. The van der Waals surface area contributed by atoms with E-state index in [4.69, 9.17) is 0 Å². The number of hydrogen-bond acceptors (Lipinski definition) is 4. The Bertz CT molecular complexity index is 579. The van der Waals surface area contributed by atoms with Gasteiger partial charge in [-0.15, -0.1) is 4.91 Å². The molecule has 2 rings (SSSR count). The molecular formula is C12H9F2N3O. The second-order valence-electron chi connectivity index (χ2n) is 3.68. The van der Waals surface area contributed by atoms with Crippen molar-refractivity contribution in [2.75, 3.05) is 5.32 Å². The van der Waals surface area contributed by atoms with Gasteiger partial charge in [-0.3, -0.25) is 0 Å². The van der Waals surface area contributed by atoms with Crippen LogP contribution in [-0.2, 0) is 0 Å². The number of benzene rings is 1. The van der Waals surface area contributed by atoms with Gasteiger partial charge in [-0.2, -0.15) is 0 Å². The molecule has 0 atom stereocenters. The van der Waals surface area contributed by atoms with Crippen molar-refractivity contribution in [3.05, 3.63) is 52.6 Å². The first-order valence-corrected chi connectivity index (χ1v) is 5.12. The zero-order valence-electron chi connectivity index (χ0n) is 9.45. The van der Waals surface area contributed by atoms with E-state index in [9.17, 15) is 13.7 Å². The first-order valence-electron chi connectivity index (χ1n) is 5.12. The number of nitroso groups, excluding NO2 is 1. The highest BCUT2D eigenvalue weighted by Gasteiger charge is 2.07. The Kier molecular flexibility index (Phi) is 3.27. The van der Waals surface area contributed by atoms with E-state index in [-0.39, 0.29) is 22.8 Å². The summed E-state index contributed by atoms with van der Waals surface area (Å²) in [6.45, 7) is 1.35. The molecule has 0 bridgehead atoms. The van der Waals surface area contributed by atoms with Gasteiger partial charge in [-0.05, 0) is 30.3 Å². The average Bonchev–Trinajstić information content (AvgIpc) is 2.36. The fraction of sp³-hybridized carbons (Fsp3) is 0.0833. The standard InChI is InChI=1S/C12H9F2N3O/c1-7-10(13)4-9(5-11(7)14)16-12-6-8(17-18)2-3-15-12/h2-6H,1H3,(H,15,16). The summed E-state index contributed by atoms with van der Waals surface area (Å²) in [6, 6.07) is 5.11. The van der Waals surface area contributed by atoms with Gasteiger partial charge >= 0.3 is 0 Å². The van der Waals surface area contributed by atoms with Crippen LogP contribution in [0.4, 0.5) is 26.0 Å². The Hall–Kier alpha value is -2.37. The Balaban J connectivity index is 2.31. The van der Waals surface area contributed by atoms with Crippen LogP contribution in [0.2, 0.25) is 0 Å². The fourth-order valence-corrected chi connectivity index (χ4v) is 1.41. The molecule has 4 nitrogen and oxygen atoms in total. The van der Waals surface area contributed by atoms with Crippen LogP contribution in [0.1, 0.15) is 5.56 Å². The van der Waals surface area contributed by atoms with Gasteiger partial charge in [0.25, 0.3) is 0 Å². The van der Waals surface area contributed by atoms with Crippen LogP contribution in [0.25, 0.3) is 0 Å². The van der Waals surface area contributed by atoms with Gasteiger partial charge in [-0.25, -0.2) is 13.8 Å². The quantitative estimate of drug-likeness (QED) is 0.841. The number of pyridine rings is 1. The molecule has 1 N–H and O–H groups in total. The van der Waals surface area contributed by atoms with E-state index in [0.29, 0.717) is 0 Å². The third-order valence-corrected chi connectivity index (χ3v) is 2.40. The van der Waals surface area contributed by atoms with Gasteiger partial charge in [0.2, 0.25) is 0 Å². The molecule has 1 aromatic heterocycles. The van der Waals surface area contributed by atoms with Crippen LogP contribution in [0.15, 0.2) is 35.6 Å². The number of hydrogen-bond donors (Lipinski definition) is 1. The minimum absolute atomic E-state index is 0.0446. The highest BCUT2D eigenvalue weighted by Crippen LogP contribution is 2.22. The summed E-state index contributed by atoms with van der Waals surface area (Å²) in [4.78, 5) is 14.2. The summed E-state index contributed by atoms with van der Waals surface area (Å²) in [6.07, 6.45) is 1.37. The van der Waals surface area contributed by atoms with Crippen molar-refractivity contribution in [3.8, 4) is 0 Å². The molecule has 92 valence electrons. The van der Waals surface area contributed by atoms with Gasteiger partial charge in [0, 0.05) is 23.5 Å². The minimum atomic E-state index is -0.651. The lowest BCUT2D eigenvalue weighted by molar-refractivity contribution is 0.569. The van der Waals surface area contributed by atoms with Crippen molar-refractivity contribution in [2.24, 2.45) is 5.18 Å². The molecule has 0 aliphatic carbocycles. The lowest BCUT2D eigenvalue weighted by atomic mass is 10.2. The van der Waals surface area contributed by atoms with Crippen molar-refractivity contribution >= 4 is 17.2 Å². The van der Waals surface area contributed by atoms with E-state index in [1.165, 1.54) is 25.3 Å². The zero-order chi connectivity index (χ0) is 13.1. The maximum atomic E-state index is 13.3. The highest BCUT2D eigenvalue weighted by molar-refractivity contribution is 5.59. The molecule has 6 heteroatoms. The second-order valence-corrected chi connectivity index (χ2v) is 3.68. The molecule has 0 spiro atoms. The van der Waals surface area contributed by atoms with E-state index in [1.54, 1.807) is 0 Å². The fourth-order valence-electron chi connectivity index (χ4n) is 1.41. The van der Waals surface area contributed by atoms with Crippen molar-refractivity contribution in [3.63, 3.8) is 0 Å². The molecule has 1 aromatic carbocycles. The molecule has 0 saturated heterocycles. The van der Waals surface area contributed by atoms with Crippen LogP contribution in [0.3, 0.4) is 0 Å². The minimum Gasteiger partial charge on any atom is -0.340 e. The molecule has 1 heterocycles. The first-order chi connectivity index (χ1) is 8.60. The maximum Gasteiger partial charge on any atom is 0.132 e. The molecule has 0 unspecified atom stereocenters. The maximum absolute atomic E-state index is 13.3. The van der Waals surface area contributed by atoms with Crippen LogP contribution < -0.4 is 5.32 Å². The molecule has 18 heavy (non-hydrogen) atoms. The van der Waals surface area contributed by atoms with E-state index < -0.39 is 11.6 Å². The monoisotopic (exact) mass is 249 g/mol. The number of nitrogens with zero attached hydrogens (tertiary/aromatic N) is 2. The van der Waals surface area contributed by atoms with E-state index >= 15 is 0 Å². The van der Waals surface area contributed by atoms with E-state index in [1.807, 2.05) is 0 Å². The summed E-state index contributed by atoms with van der Waals surface area (Å²) in [5.41, 5.74) is 0.350. The largest absolute Gasteiger partial charge is 0.340 e. The predicted molar refractivity (Wildman–Crippen MR) is 64.1 cm³/mol. The lowest BCUT2D eigenvalue weighted by Gasteiger charge is -2.07.